The predicted molar refractivity (Wildman–Crippen MR) is 121 cm³/mol. The molecule has 2 heterocycles. The monoisotopic (exact) mass is 467 g/mol. The van der Waals surface area contributed by atoms with Crippen molar-refractivity contribution in [3.63, 3.8) is 0 Å². The molecular weight excluding hydrogens is 434 g/mol. The van der Waals surface area contributed by atoms with Crippen LogP contribution in [0.4, 0.5) is 0 Å². The molecular formula is C22H33N3O6S. The van der Waals surface area contributed by atoms with E-state index in [9.17, 15) is 13.2 Å². The Hall–Kier alpha value is -1.98. The van der Waals surface area contributed by atoms with Crippen molar-refractivity contribution in [1.29, 1.82) is 0 Å². The number of amides is 1. The summed E-state index contributed by atoms with van der Waals surface area (Å²) in [4.78, 5) is 18.7. The van der Waals surface area contributed by atoms with Gasteiger partial charge in [-0.3, -0.25) is 10.6 Å². The van der Waals surface area contributed by atoms with E-state index in [2.05, 4.69) is 17.8 Å². The number of benzene rings is 1. The van der Waals surface area contributed by atoms with Gasteiger partial charge in [-0.2, -0.15) is 0 Å². The van der Waals surface area contributed by atoms with Gasteiger partial charge in [-0.05, 0) is 36.8 Å². The van der Waals surface area contributed by atoms with E-state index in [0.717, 1.165) is 18.1 Å². The molecule has 32 heavy (non-hydrogen) atoms. The van der Waals surface area contributed by atoms with Crippen LogP contribution >= 0.6 is 0 Å². The SMILES string of the molecule is CC(C)C[C@](c1cc2ccccc2o1)([C@@H](NN)C(=O)NOC1CC(C)CCO1)S(C)(=O)=O. The Morgan fingerprint density at radius 1 is 1.34 bits per heavy atom. The maximum Gasteiger partial charge on any atom is 0.264 e. The minimum absolute atomic E-state index is 0.0926. The maximum atomic E-state index is 13.3. The van der Waals surface area contributed by atoms with E-state index in [1.807, 2.05) is 26.0 Å². The van der Waals surface area contributed by atoms with Gasteiger partial charge in [0.05, 0.1) is 6.61 Å². The number of nitrogens with one attached hydrogen (secondary N) is 2. The maximum absolute atomic E-state index is 13.3. The van der Waals surface area contributed by atoms with Crippen LogP contribution in [0.5, 0.6) is 0 Å². The van der Waals surface area contributed by atoms with Crippen molar-refractivity contribution in [2.45, 2.75) is 57.1 Å². The lowest BCUT2D eigenvalue weighted by Gasteiger charge is -2.37. The largest absolute Gasteiger partial charge is 0.459 e. The number of rotatable bonds is 9. The molecule has 2 aromatic rings. The van der Waals surface area contributed by atoms with E-state index < -0.39 is 32.8 Å². The van der Waals surface area contributed by atoms with E-state index in [4.69, 9.17) is 19.8 Å². The average Bonchev–Trinajstić information content (AvgIpc) is 3.15. The van der Waals surface area contributed by atoms with Gasteiger partial charge in [0.15, 0.2) is 20.9 Å². The van der Waals surface area contributed by atoms with Crippen LogP contribution < -0.4 is 16.7 Å². The second-order valence-electron chi connectivity index (χ2n) is 9.02. The Morgan fingerprint density at radius 3 is 2.66 bits per heavy atom. The summed E-state index contributed by atoms with van der Waals surface area (Å²) in [6.07, 6.45) is 2.12. The standard InChI is InChI=1S/C22H33N3O6S/c1-14(2)13-22(32(4,27)28,18-12-16-7-5-6-8-17(16)30-18)20(24-23)21(26)25-31-19-11-15(3)9-10-29-19/h5-8,12,14-15,19-20,24H,9-11,13,23H2,1-4H3,(H,25,26)/t15?,19?,20-,22-/m0/s1. The summed E-state index contributed by atoms with van der Waals surface area (Å²) in [6.45, 7) is 6.35. The lowest BCUT2D eigenvalue weighted by Crippen LogP contribution is -2.62. The molecule has 1 saturated heterocycles. The lowest BCUT2D eigenvalue weighted by molar-refractivity contribution is -0.208. The van der Waals surface area contributed by atoms with Crippen LogP contribution in [0, 0.1) is 11.8 Å². The van der Waals surface area contributed by atoms with Gasteiger partial charge < -0.3 is 9.15 Å². The molecule has 4 N–H and O–H groups in total. The Labute approximate surface area is 188 Å². The Balaban J connectivity index is 2.00. The first-order valence-electron chi connectivity index (χ1n) is 10.8. The fourth-order valence-electron chi connectivity index (χ4n) is 4.31. The molecule has 1 aromatic carbocycles. The van der Waals surface area contributed by atoms with Gasteiger partial charge in [0.1, 0.15) is 17.4 Å². The fraction of sp³-hybridized carbons (Fsp3) is 0.591. The normalized spacial score (nSPS) is 22.6. The summed E-state index contributed by atoms with van der Waals surface area (Å²) in [6, 6.07) is 7.48. The number of sulfone groups is 1. The first-order valence-corrected chi connectivity index (χ1v) is 12.7. The summed E-state index contributed by atoms with van der Waals surface area (Å²) in [7, 11) is -3.91. The third-order valence-corrected chi connectivity index (χ3v) is 7.84. The molecule has 2 unspecified atom stereocenters. The van der Waals surface area contributed by atoms with E-state index >= 15 is 0 Å². The topological polar surface area (TPSA) is 133 Å². The van der Waals surface area contributed by atoms with E-state index in [1.165, 1.54) is 0 Å². The van der Waals surface area contributed by atoms with Gasteiger partial charge in [-0.25, -0.2) is 24.2 Å². The van der Waals surface area contributed by atoms with Crippen LogP contribution in [-0.2, 0) is 29.0 Å². The Morgan fingerprint density at radius 2 is 2.06 bits per heavy atom. The van der Waals surface area contributed by atoms with Crippen molar-refractivity contribution in [2.75, 3.05) is 12.9 Å². The minimum Gasteiger partial charge on any atom is -0.459 e. The number of furan rings is 1. The van der Waals surface area contributed by atoms with Crippen LogP contribution in [0.25, 0.3) is 11.0 Å². The van der Waals surface area contributed by atoms with Crippen molar-refractivity contribution in [2.24, 2.45) is 17.7 Å². The van der Waals surface area contributed by atoms with E-state index in [1.54, 1.807) is 18.2 Å². The van der Waals surface area contributed by atoms with Crippen molar-refractivity contribution >= 4 is 26.7 Å². The zero-order valence-electron chi connectivity index (χ0n) is 19.0. The number of carbonyl (C=O) groups excluding carboxylic acids is 1. The second kappa shape index (κ2) is 9.88. The zero-order chi connectivity index (χ0) is 23.5. The highest BCUT2D eigenvalue weighted by molar-refractivity contribution is 7.91. The number of ether oxygens (including phenoxy) is 1. The molecule has 0 spiro atoms. The van der Waals surface area contributed by atoms with Gasteiger partial charge in [0.2, 0.25) is 0 Å². The third-order valence-electron chi connectivity index (χ3n) is 5.91. The van der Waals surface area contributed by atoms with Crippen molar-refractivity contribution in [1.82, 2.24) is 10.9 Å². The Bertz CT molecular complexity index is 1000. The number of para-hydroxylation sites is 1. The number of hydroxylamine groups is 1. The molecule has 4 atom stereocenters. The van der Waals surface area contributed by atoms with Crippen molar-refractivity contribution in [3.05, 3.63) is 36.1 Å². The van der Waals surface area contributed by atoms with Crippen molar-refractivity contribution in [3.8, 4) is 0 Å². The molecule has 1 amide bonds. The molecule has 1 fully saturated rings. The van der Waals surface area contributed by atoms with Gasteiger partial charge >= 0.3 is 0 Å². The molecule has 178 valence electrons. The third kappa shape index (κ3) is 4.99. The number of hydrogen-bond acceptors (Lipinski definition) is 8. The first-order chi connectivity index (χ1) is 15.1. The summed E-state index contributed by atoms with van der Waals surface area (Å²) >= 11 is 0. The number of hydrogen-bond donors (Lipinski definition) is 3. The molecule has 10 heteroatoms. The average molecular weight is 468 g/mol. The number of nitrogens with two attached hydrogens (primary N) is 1. The highest BCUT2D eigenvalue weighted by Gasteiger charge is 2.55. The first kappa shape index (κ1) is 24.7. The number of fused-ring (bicyclic) bond motifs is 1. The molecule has 1 aliphatic rings. The van der Waals surface area contributed by atoms with Gasteiger partial charge in [-0.1, -0.05) is 39.0 Å². The highest BCUT2D eigenvalue weighted by Crippen LogP contribution is 2.42. The second-order valence-corrected chi connectivity index (χ2v) is 11.3. The van der Waals surface area contributed by atoms with Gasteiger partial charge in [0, 0.05) is 18.1 Å². The summed E-state index contributed by atoms with van der Waals surface area (Å²) in [5.74, 6) is 5.51. The minimum atomic E-state index is -3.91. The van der Waals surface area contributed by atoms with Crippen LogP contribution in [0.1, 0.15) is 45.8 Å². The number of hydrazine groups is 1. The Kier molecular flexibility index (Phi) is 7.61. The lowest BCUT2D eigenvalue weighted by atomic mass is 9.86. The fourth-order valence-corrected chi connectivity index (χ4v) is 6.01. The highest BCUT2D eigenvalue weighted by atomic mass is 32.2. The van der Waals surface area contributed by atoms with E-state index in [-0.39, 0.29) is 18.1 Å². The molecule has 0 bridgehead atoms. The quantitative estimate of drug-likeness (QED) is 0.378. The van der Waals surface area contributed by atoms with E-state index in [0.29, 0.717) is 24.5 Å². The predicted octanol–water partition coefficient (Wildman–Crippen LogP) is 2.37. The summed E-state index contributed by atoms with van der Waals surface area (Å²) < 4.78 is 36.4. The van der Waals surface area contributed by atoms with Crippen LogP contribution in [0.2, 0.25) is 0 Å². The molecule has 3 rings (SSSR count). The van der Waals surface area contributed by atoms with Crippen LogP contribution in [0.15, 0.2) is 34.7 Å². The van der Waals surface area contributed by atoms with Gasteiger partial charge in [0.25, 0.3) is 5.91 Å². The molecule has 0 saturated carbocycles. The van der Waals surface area contributed by atoms with Crippen LogP contribution in [-0.4, -0.2) is 39.5 Å². The molecule has 9 nitrogen and oxygen atoms in total. The molecule has 1 aliphatic heterocycles. The smallest absolute Gasteiger partial charge is 0.264 e. The molecule has 0 radical (unpaired) electrons. The number of carbonyl (C=O) groups is 1. The van der Waals surface area contributed by atoms with Crippen molar-refractivity contribution < 1.29 is 27.2 Å². The summed E-state index contributed by atoms with van der Waals surface area (Å²) in [5.41, 5.74) is 5.31. The van der Waals surface area contributed by atoms with Crippen LogP contribution in [0.3, 0.4) is 0 Å². The summed E-state index contributed by atoms with van der Waals surface area (Å²) in [5, 5.41) is 0.733. The molecule has 0 aliphatic carbocycles. The van der Waals surface area contributed by atoms with Gasteiger partial charge in [-0.15, -0.1) is 0 Å². The zero-order valence-corrected chi connectivity index (χ0v) is 19.8. The molecule has 1 aromatic heterocycles.